The van der Waals surface area contributed by atoms with E-state index < -0.39 is 0 Å². The zero-order valence-electron chi connectivity index (χ0n) is 7.26. The summed E-state index contributed by atoms with van der Waals surface area (Å²) in [5.41, 5.74) is 0.839. The van der Waals surface area contributed by atoms with Crippen molar-refractivity contribution in [3.63, 3.8) is 0 Å². The summed E-state index contributed by atoms with van der Waals surface area (Å²) in [5.74, 6) is -0.0731. The van der Waals surface area contributed by atoms with E-state index in [1.807, 2.05) is 13.8 Å². The zero-order valence-corrected chi connectivity index (χ0v) is 8.07. The van der Waals surface area contributed by atoms with Gasteiger partial charge in [-0.15, -0.1) is 0 Å². The van der Waals surface area contributed by atoms with Crippen molar-refractivity contribution in [2.75, 3.05) is 0 Å². The van der Waals surface area contributed by atoms with Crippen LogP contribution >= 0.6 is 12.2 Å². The van der Waals surface area contributed by atoms with Crippen LogP contribution < -0.4 is 5.32 Å². The Morgan fingerprint density at radius 1 is 1.67 bits per heavy atom. The van der Waals surface area contributed by atoms with E-state index in [0.717, 1.165) is 18.6 Å². The summed E-state index contributed by atoms with van der Waals surface area (Å²) >= 11 is 4.78. The van der Waals surface area contributed by atoms with Crippen molar-refractivity contribution in [2.45, 2.75) is 26.7 Å². The Hall–Kier alpha value is -0.770. The molecule has 12 heavy (non-hydrogen) atoms. The molecule has 1 unspecified atom stereocenters. The van der Waals surface area contributed by atoms with Crippen LogP contribution in [-0.2, 0) is 4.79 Å². The Morgan fingerprint density at radius 3 is 2.83 bits per heavy atom. The van der Waals surface area contributed by atoms with Gasteiger partial charge >= 0.3 is 0 Å². The van der Waals surface area contributed by atoms with E-state index in [2.05, 4.69) is 10.3 Å². The summed E-state index contributed by atoms with van der Waals surface area (Å²) in [6, 6.07) is 0. The number of carbonyl (C=O) groups is 1. The second-order valence-corrected chi connectivity index (χ2v) is 3.28. The largest absolute Gasteiger partial charge is 0.301 e. The van der Waals surface area contributed by atoms with Crippen LogP contribution in [0.4, 0.5) is 0 Å². The molecule has 0 bridgehead atoms. The van der Waals surface area contributed by atoms with Crippen LogP contribution in [0.5, 0.6) is 0 Å². The minimum absolute atomic E-state index is 0.00523. The van der Waals surface area contributed by atoms with Crippen LogP contribution in [0.2, 0.25) is 0 Å². The molecule has 0 saturated heterocycles. The number of nitrogens with one attached hydrogen (secondary N) is 1. The van der Waals surface area contributed by atoms with E-state index >= 15 is 0 Å². The van der Waals surface area contributed by atoms with Crippen LogP contribution in [0, 0.1) is 5.92 Å². The number of rotatable bonds is 2. The van der Waals surface area contributed by atoms with Gasteiger partial charge in [0.25, 0.3) is 0 Å². The Labute approximate surface area is 77.3 Å². The number of hydrogen-bond donors (Lipinski definition) is 1. The Balaban J connectivity index is 2.78. The minimum atomic E-state index is -0.0679. The quantitative estimate of drug-likeness (QED) is 0.657. The molecule has 1 atom stereocenters. The maximum Gasteiger partial charge on any atom is 0.234 e. The van der Waals surface area contributed by atoms with Crippen molar-refractivity contribution < 1.29 is 4.79 Å². The van der Waals surface area contributed by atoms with Gasteiger partial charge in [-0.1, -0.05) is 13.3 Å². The zero-order chi connectivity index (χ0) is 9.14. The van der Waals surface area contributed by atoms with Gasteiger partial charge in [-0.3, -0.25) is 4.79 Å². The second kappa shape index (κ2) is 3.76. The van der Waals surface area contributed by atoms with E-state index in [-0.39, 0.29) is 11.8 Å². The maximum absolute atomic E-state index is 11.3. The van der Waals surface area contributed by atoms with Gasteiger partial charge < -0.3 is 5.32 Å². The molecule has 0 saturated carbocycles. The van der Waals surface area contributed by atoms with Crippen molar-refractivity contribution in [3.8, 4) is 0 Å². The van der Waals surface area contributed by atoms with E-state index in [9.17, 15) is 4.79 Å². The molecule has 1 aliphatic rings. The summed E-state index contributed by atoms with van der Waals surface area (Å²) in [6.45, 7) is 3.90. The molecule has 0 aliphatic carbocycles. The highest BCUT2D eigenvalue weighted by Crippen LogP contribution is 2.12. The van der Waals surface area contributed by atoms with Gasteiger partial charge in [0.15, 0.2) is 5.11 Å². The maximum atomic E-state index is 11.3. The van der Waals surface area contributed by atoms with Crippen LogP contribution in [0.25, 0.3) is 0 Å². The number of hydrogen-bond acceptors (Lipinski definition) is 2. The molecule has 66 valence electrons. The van der Waals surface area contributed by atoms with Crippen molar-refractivity contribution in [2.24, 2.45) is 10.9 Å². The number of nitrogens with zero attached hydrogens (tertiary/aromatic N) is 1. The lowest BCUT2D eigenvalue weighted by atomic mass is 9.97. The Morgan fingerprint density at radius 2 is 2.33 bits per heavy atom. The van der Waals surface area contributed by atoms with Gasteiger partial charge in [0, 0.05) is 5.71 Å². The fourth-order valence-electron chi connectivity index (χ4n) is 1.28. The molecule has 4 heteroatoms. The Kier molecular flexibility index (Phi) is 2.92. The normalized spacial score (nSPS) is 23.5. The molecular weight excluding hydrogens is 172 g/mol. The fraction of sp³-hybridized carbons (Fsp3) is 0.625. The van der Waals surface area contributed by atoms with Crippen LogP contribution in [0.3, 0.4) is 0 Å². The molecule has 0 aromatic heterocycles. The molecule has 1 rings (SSSR count). The highest BCUT2D eigenvalue weighted by Gasteiger charge is 2.25. The first-order chi connectivity index (χ1) is 5.65. The summed E-state index contributed by atoms with van der Waals surface area (Å²) in [4.78, 5) is 15.4. The molecule has 0 fully saturated rings. The highest BCUT2D eigenvalue weighted by molar-refractivity contribution is 7.80. The lowest BCUT2D eigenvalue weighted by Gasteiger charge is -2.19. The monoisotopic (exact) mass is 184 g/mol. The van der Waals surface area contributed by atoms with Gasteiger partial charge in [0.1, 0.15) is 0 Å². The number of amides is 1. The molecule has 0 aromatic carbocycles. The van der Waals surface area contributed by atoms with E-state index in [1.54, 1.807) is 0 Å². The molecule has 1 aliphatic heterocycles. The molecular formula is C8H12N2OS. The lowest BCUT2D eigenvalue weighted by Crippen LogP contribution is -2.41. The minimum Gasteiger partial charge on any atom is -0.301 e. The molecule has 3 nitrogen and oxygen atoms in total. The topological polar surface area (TPSA) is 41.5 Å². The third-order valence-corrected chi connectivity index (χ3v) is 2.10. The lowest BCUT2D eigenvalue weighted by molar-refractivity contribution is -0.121. The molecule has 0 spiro atoms. The Bertz CT molecular complexity index is 247. The van der Waals surface area contributed by atoms with E-state index in [0.29, 0.717) is 5.11 Å². The summed E-state index contributed by atoms with van der Waals surface area (Å²) < 4.78 is 0. The van der Waals surface area contributed by atoms with Crippen molar-refractivity contribution >= 4 is 28.9 Å². The van der Waals surface area contributed by atoms with Gasteiger partial charge in [-0.25, -0.2) is 4.99 Å². The molecule has 0 aromatic rings. The number of aliphatic imine (C=N–C) groups is 1. The summed E-state index contributed by atoms with van der Waals surface area (Å²) in [6.07, 6.45) is 1.83. The third kappa shape index (κ3) is 1.88. The number of thiocarbonyl (C=S) groups is 1. The molecule has 1 N–H and O–H groups in total. The predicted molar refractivity (Wildman–Crippen MR) is 52.2 cm³/mol. The van der Waals surface area contributed by atoms with E-state index in [4.69, 9.17) is 12.2 Å². The first-order valence-corrected chi connectivity index (χ1v) is 4.46. The standard InChI is InChI=1S/C8H12N2OS/c1-3-4-6-5(2)9-8(12)10-7(6)11/h6H,3-4H2,1-2H3,(H,10,11,12). The van der Waals surface area contributed by atoms with Gasteiger partial charge in [0.2, 0.25) is 5.91 Å². The first-order valence-electron chi connectivity index (χ1n) is 4.05. The fourth-order valence-corrected chi connectivity index (χ4v) is 1.52. The summed E-state index contributed by atoms with van der Waals surface area (Å²) in [7, 11) is 0. The van der Waals surface area contributed by atoms with Crippen LogP contribution in [0.15, 0.2) is 4.99 Å². The molecule has 1 heterocycles. The third-order valence-electron chi connectivity index (χ3n) is 1.91. The van der Waals surface area contributed by atoms with Crippen molar-refractivity contribution in [1.29, 1.82) is 0 Å². The van der Waals surface area contributed by atoms with Crippen LogP contribution in [-0.4, -0.2) is 16.7 Å². The smallest absolute Gasteiger partial charge is 0.234 e. The van der Waals surface area contributed by atoms with Gasteiger partial charge in [-0.05, 0) is 25.6 Å². The van der Waals surface area contributed by atoms with Crippen molar-refractivity contribution in [1.82, 2.24) is 5.32 Å². The molecule has 0 radical (unpaired) electrons. The predicted octanol–water partition coefficient (Wildman–Crippen LogP) is 1.28. The first kappa shape index (κ1) is 9.32. The SMILES string of the molecule is CCCC1C(=O)NC(=S)N=C1C. The average molecular weight is 184 g/mol. The average Bonchev–Trinajstić information content (AvgIpc) is 1.96. The van der Waals surface area contributed by atoms with Gasteiger partial charge in [-0.2, -0.15) is 0 Å². The van der Waals surface area contributed by atoms with Gasteiger partial charge in [0.05, 0.1) is 5.92 Å². The van der Waals surface area contributed by atoms with Crippen LogP contribution in [0.1, 0.15) is 26.7 Å². The second-order valence-electron chi connectivity index (χ2n) is 2.89. The number of carbonyl (C=O) groups excluding carboxylic acids is 1. The van der Waals surface area contributed by atoms with Crippen molar-refractivity contribution in [3.05, 3.63) is 0 Å². The highest BCUT2D eigenvalue weighted by atomic mass is 32.1. The van der Waals surface area contributed by atoms with E-state index in [1.165, 1.54) is 0 Å². The molecule has 1 amide bonds. The summed E-state index contributed by atoms with van der Waals surface area (Å²) in [5, 5.41) is 2.85.